The van der Waals surface area contributed by atoms with Crippen molar-refractivity contribution in [1.29, 1.82) is 0 Å². The van der Waals surface area contributed by atoms with E-state index in [0.29, 0.717) is 0 Å². The molecule has 0 saturated heterocycles. The first-order valence-electron chi connectivity index (χ1n) is 1.04. The maximum atomic E-state index is 10.6. The van der Waals surface area contributed by atoms with Crippen molar-refractivity contribution in [3.63, 3.8) is 0 Å². The average molecular weight is 181 g/mol. The molecule has 6 heteroatoms. The van der Waals surface area contributed by atoms with Gasteiger partial charge < -0.3 is 0 Å². The molecule has 0 aromatic carbocycles. The largest absolute Gasteiger partial charge is 0.357 e. The molecule has 0 spiro atoms. The molecule has 0 N–H and O–H groups in total. The van der Waals surface area contributed by atoms with Crippen molar-refractivity contribution in [2.75, 3.05) is 0 Å². The van der Waals surface area contributed by atoms with E-state index in [1.165, 1.54) is 0 Å². The number of halogens is 2. The van der Waals surface area contributed by atoms with Crippen LogP contribution in [0.2, 0.25) is 0 Å². The van der Waals surface area contributed by atoms with E-state index >= 15 is 0 Å². The zero-order chi connectivity index (χ0) is 4.99. The third-order valence-corrected chi connectivity index (χ3v) is 0.368. The van der Waals surface area contributed by atoms with E-state index in [1.54, 1.807) is 0 Å². The normalized spacial score (nSPS) is 8.43. The Bertz CT molecular complexity index is 51.0. The minimum atomic E-state index is -2.93. The van der Waals surface area contributed by atoms with Crippen LogP contribution in [0.25, 0.3) is 0 Å². The number of alkyl halides is 2. The Labute approximate surface area is 55.7 Å². The summed E-state index contributed by atoms with van der Waals surface area (Å²) in [5, 5.41) is 0. The van der Waals surface area contributed by atoms with Gasteiger partial charge in [-0.3, -0.25) is 0 Å². The monoisotopic (exact) mass is 180 g/mol. The standard InChI is InChI=1S/CH2F2O2S.Zn/c2-1(3)5-6-4;/h1,6H;. The third kappa shape index (κ3) is 10.8. The predicted molar refractivity (Wildman–Crippen MR) is 16.6 cm³/mol. The minimum absolute atomic E-state index is 0. The summed E-state index contributed by atoms with van der Waals surface area (Å²) >= 11 is -0.976. The quantitative estimate of drug-likeness (QED) is 0.483. The van der Waals surface area contributed by atoms with E-state index in [-0.39, 0.29) is 19.5 Å². The molecule has 40 valence electrons. The van der Waals surface area contributed by atoms with Gasteiger partial charge in [-0.05, 0) is 0 Å². The summed E-state index contributed by atoms with van der Waals surface area (Å²) in [6.07, 6.45) is 0. The van der Waals surface area contributed by atoms with Gasteiger partial charge in [0.05, 0.1) is 0 Å². The topological polar surface area (TPSA) is 26.3 Å². The van der Waals surface area contributed by atoms with Gasteiger partial charge >= 0.3 is 6.61 Å². The van der Waals surface area contributed by atoms with E-state index in [0.717, 1.165) is 0 Å². The summed E-state index contributed by atoms with van der Waals surface area (Å²) in [4.78, 5) is 0. The van der Waals surface area contributed by atoms with E-state index in [4.69, 9.17) is 4.21 Å². The van der Waals surface area contributed by atoms with Crippen LogP contribution in [-0.2, 0) is 35.6 Å². The number of hydrogen-bond donors (Lipinski definition) is 1. The van der Waals surface area contributed by atoms with Crippen LogP contribution in [-0.4, -0.2) is 10.8 Å². The molecule has 0 aliphatic heterocycles. The average Bonchev–Trinajstić information content (AvgIpc) is 1.35. The molecule has 0 atom stereocenters. The van der Waals surface area contributed by atoms with Crippen LogP contribution >= 0.6 is 0 Å². The van der Waals surface area contributed by atoms with Crippen LogP contribution in [0, 0.1) is 0 Å². The van der Waals surface area contributed by atoms with Crippen molar-refractivity contribution in [3.8, 4) is 0 Å². The first-order chi connectivity index (χ1) is 2.77. The molecule has 2 nitrogen and oxygen atoms in total. The van der Waals surface area contributed by atoms with Crippen LogP contribution < -0.4 is 0 Å². The molecule has 0 amide bonds. The molecular weight excluding hydrogens is 179 g/mol. The molecule has 0 rings (SSSR count). The molecule has 0 bridgehead atoms. The van der Waals surface area contributed by atoms with Crippen LogP contribution in [0.5, 0.6) is 0 Å². The third-order valence-electron chi connectivity index (χ3n) is 0.123. The van der Waals surface area contributed by atoms with Crippen molar-refractivity contribution in [2.24, 2.45) is 0 Å². The van der Waals surface area contributed by atoms with Crippen LogP contribution in [0.1, 0.15) is 0 Å². The van der Waals surface area contributed by atoms with Gasteiger partial charge in [-0.2, -0.15) is 8.78 Å². The first-order valence-corrected chi connectivity index (χ1v) is 1.77. The molecule has 0 aliphatic carbocycles. The maximum Gasteiger partial charge on any atom is 0.357 e. The molecule has 0 aliphatic rings. The van der Waals surface area contributed by atoms with Gasteiger partial charge in [-0.1, -0.05) is 0 Å². The summed E-state index contributed by atoms with van der Waals surface area (Å²) in [6.45, 7) is -2.93. The SMILES string of the molecule is O=[SH]OC(F)F.[Zn]. The Morgan fingerprint density at radius 2 is 2.00 bits per heavy atom. The molecule has 0 aromatic rings. The van der Waals surface area contributed by atoms with Crippen molar-refractivity contribution >= 4 is 11.9 Å². The van der Waals surface area contributed by atoms with Gasteiger partial charge in [-0.15, -0.1) is 0 Å². The Balaban J connectivity index is 0. The van der Waals surface area contributed by atoms with Crippen LogP contribution in [0.15, 0.2) is 0 Å². The second-order valence-electron chi connectivity index (χ2n) is 0.441. The van der Waals surface area contributed by atoms with Gasteiger partial charge in [0.2, 0.25) is 0 Å². The summed E-state index contributed by atoms with van der Waals surface area (Å²) in [6, 6.07) is 0. The number of thiol groups is 1. The molecular formula is CH2F2O2SZn. The van der Waals surface area contributed by atoms with Crippen molar-refractivity contribution in [2.45, 2.75) is 6.61 Å². The molecule has 0 fully saturated rings. The van der Waals surface area contributed by atoms with Gasteiger partial charge in [0.25, 0.3) is 0 Å². The van der Waals surface area contributed by atoms with E-state index in [9.17, 15) is 8.78 Å². The van der Waals surface area contributed by atoms with Gasteiger partial charge in [0, 0.05) is 19.5 Å². The molecule has 7 heavy (non-hydrogen) atoms. The van der Waals surface area contributed by atoms with E-state index in [2.05, 4.69) is 4.18 Å². The molecule has 0 heterocycles. The summed E-state index contributed by atoms with van der Waals surface area (Å²) in [7, 11) is 0. The molecule has 0 saturated carbocycles. The molecule has 0 radical (unpaired) electrons. The fraction of sp³-hybridized carbons (Fsp3) is 1.00. The Morgan fingerprint density at radius 3 is 2.00 bits per heavy atom. The van der Waals surface area contributed by atoms with Gasteiger partial charge in [0.1, 0.15) is 11.9 Å². The Kier molecular flexibility index (Phi) is 9.94. The van der Waals surface area contributed by atoms with Crippen molar-refractivity contribution < 1.29 is 36.7 Å². The molecule has 0 unspecified atom stereocenters. The summed E-state index contributed by atoms with van der Waals surface area (Å²) in [5.74, 6) is 0. The fourth-order valence-electron chi connectivity index (χ4n) is 0.0325. The first kappa shape index (κ1) is 10.6. The Morgan fingerprint density at radius 1 is 1.57 bits per heavy atom. The number of hydrogen-bond acceptors (Lipinski definition) is 2. The Hall–Kier alpha value is 0.593. The zero-order valence-corrected chi connectivity index (χ0v) is 7.17. The molecule has 0 aromatic heterocycles. The van der Waals surface area contributed by atoms with Crippen LogP contribution in [0.3, 0.4) is 0 Å². The predicted octanol–water partition coefficient (Wildman–Crippen LogP) is 0.0834. The van der Waals surface area contributed by atoms with E-state index in [1.807, 2.05) is 0 Å². The second kappa shape index (κ2) is 6.59. The number of rotatable bonds is 2. The zero-order valence-electron chi connectivity index (χ0n) is 3.30. The fourth-order valence-corrected chi connectivity index (χ4v) is 0.0976. The van der Waals surface area contributed by atoms with E-state index < -0.39 is 18.6 Å². The van der Waals surface area contributed by atoms with Gasteiger partial charge in [-0.25, -0.2) is 8.39 Å². The smallest absolute Gasteiger partial charge is 0.233 e. The van der Waals surface area contributed by atoms with Gasteiger partial charge in [0.15, 0.2) is 0 Å². The van der Waals surface area contributed by atoms with Crippen molar-refractivity contribution in [3.05, 3.63) is 0 Å². The van der Waals surface area contributed by atoms with Crippen LogP contribution in [0.4, 0.5) is 8.78 Å². The maximum absolute atomic E-state index is 10.6. The second-order valence-corrected chi connectivity index (χ2v) is 0.800. The summed E-state index contributed by atoms with van der Waals surface area (Å²) < 4.78 is 33.3. The summed E-state index contributed by atoms with van der Waals surface area (Å²) in [5.41, 5.74) is 0. The minimum Gasteiger partial charge on any atom is -0.233 e. The van der Waals surface area contributed by atoms with Crippen molar-refractivity contribution in [1.82, 2.24) is 0 Å².